The first-order valence-corrected chi connectivity index (χ1v) is 11.2. The zero-order valence-corrected chi connectivity index (χ0v) is 19.1. The third-order valence-corrected chi connectivity index (χ3v) is 5.68. The molecule has 1 saturated heterocycles. The quantitative estimate of drug-likeness (QED) is 0.520. The Kier molecular flexibility index (Phi) is 6.41. The van der Waals surface area contributed by atoms with E-state index in [-0.39, 0.29) is 23.4 Å². The minimum atomic E-state index is -0.712. The van der Waals surface area contributed by atoms with Crippen molar-refractivity contribution in [1.82, 2.24) is 24.4 Å². The lowest BCUT2D eigenvalue weighted by Gasteiger charge is -2.25. The number of rotatable bonds is 7. The van der Waals surface area contributed by atoms with Crippen molar-refractivity contribution in [2.75, 3.05) is 38.7 Å². The number of fused-ring (bicyclic) bond motifs is 1. The Morgan fingerprint density at radius 1 is 1.27 bits per heavy atom. The van der Waals surface area contributed by atoms with E-state index in [4.69, 9.17) is 4.74 Å². The van der Waals surface area contributed by atoms with Crippen molar-refractivity contribution in [2.24, 2.45) is 5.92 Å². The molecule has 4 rings (SSSR count). The zero-order chi connectivity index (χ0) is 23.7. The molecule has 178 valence electrons. The molecule has 1 aliphatic carbocycles. The fourth-order valence-corrected chi connectivity index (χ4v) is 3.86. The van der Waals surface area contributed by atoms with Crippen molar-refractivity contribution < 1.29 is 19.4 Å². The van der Waals surface area contributed by atoms with E-state index in [1.807, 2.05) is 13.8 Å². The Bertz CT molecular complexity index is 1150. The summed E-state index contributed by atoms with van der Waals surface area (Å²) in [5, 5.41) is 21.1. The first-order valence-electron chi connectivity index (χ1n) is 11.2. The minimum Gasteiger partial charge on any atom is -0.494 e. The fourth-order valence-electron chi connectivity index (χ4n) is 3.86. The van der Waals surface area contributed by atoms with Gasteiger partial charge in [0.15, 0.2) is 17.0 Å². The minimum absolute atomic E-state index is 0.0285. The number of anilines is 1. The van der Waals surface area contributed by atoms with Crippen LogP contribution in [0, 0.1) is 5.92 Å². The largest absolute Gasteiger partial charge is 0.494 e. The molecule has 0 aromatic carbocycles. The fraction of sp³-hybridized carbons (Fsp3) is 0.545. The van der Waals surface area contributed by atoms with Crippen LogP contribution in [-0.2, 0) is 16.1 Å². The van der Waals surface area contributed by atoms with Crippen molar-refractivity contribution in [3.8, 4) is 5.88 Å². The Labute approximate surface area is 191 Å². The van der Waals surface area contributed by atoms with E-state index in [2.05, 4.69) is 15.7 Å². The van der Waals surface area contributed by atoms with Gasteiger partial charge in [0.2, 0.25) is 11.8 Å². The number of hydrogen-bond donors (Lipinski definition) is 3. The van der Waals surface area contributed by atoms with Gasteiger partial charge in [0.25, 0.3) is 11.5 Å². The van der Waals surface area contributed by atoms with Gasteiger partial charge in [0.05, 0.1) is 18.8 Å². The van der Waals surface area contributed by atoms with Gasteiger partial charge in [-0.3, -0.25) is 19.0 Å². The monoisotopic (exact) mass is 458 g/mol. The smallest absolute Gasteiger partial charge is 0.291 e. The number of hydrogen-bond acceptors (Lipinski definition) is 7. The third-order valence-electron chi connectivity index (χ3n) is 5.68. The second kappa shape index (κ2) is 9.26. The summed E-state index contributed by atoms with van der Waals surface area (Å²) in [7, 11) is 1.65. The van der Waals surface area contributed by atoms with Gasteiger partial charge in [-0.05, 0) is 24.8 Å². The number of nitrogens with one attached hydrogen (secondary N) is 2. The summed E-state index contributed by atoms with van der Waals surface area (Å²) in [6.45, 7) is 6.27. The molecular formula is C22H30N6O5. The van der Waals surface area contributed by atoms with Crippen LogP contribution in [0.1, 0.15) is 42.6 Å². The van der Waals surface area contributed by atoms with Crippen LogP contribution in [0.15, 0.2) is 10.9 Å². The molecule has 2 aromatic rings. The van der Waals surface area contributed by atoms with Crippen LogP contribution in [0.3, 0.4) is 0 Å². The van der Waals surface area contributed by atoms with E-state index >= 15 is 0 Å². The second-order valence-corrected chi connectivity index (χ2v) is 8.77. The highest BCUT2D eigenvalue weighted by molar-refractivity contribution is 5.97. The first-order chi connectivity index (χ1) is 15.8. The normalized spacial score (nSPS) is 16.7. The van der Waals surface area contributed by atoms with E-state index in [0.717, 1.165) is 17.4 Å². The SMILES string of the molecule is CNc1nn2c(=O)c(C(=O)NC3CC3)c(O)n(CC(C)C)c2c1/C=C/C(=O)N1CCOCC1. The average Bonchev–Trinajstić information content (AvgIpc) is 3.52. The number of carbonyl (C=O) groups excluding carboxylic acids is 2. The van der Waals surface area contributed by atoms with Gasteiger partial charge in [-0.25, -0.2) is 0 Å². The van der Waals surface area contributed by atoms with Crippen molar-refractivity contribution in [1.29, 1.82) is 0 Å². The van der Waals surface area contributed by atoms with Crippen LogP contribution < -0.4 is 16.2 Å². The van der Waals surface area contributed by atoms with Gasteiger partial charge in [-0.15, -0.1) is 5.10 Å². The third kappa shape index (κ3) is 4.58. The number of aromatic nitrogens is 3. The molecular weight excluding hydrogens is 428 g/mol. The van der Waals surface area contributed by atoms with E-state index < -0.39 is 17.3 Å². The van der Waals surface area contributed by atoms with Gasteiger partial charge in [-0.1, -0.05) is 13.8 Å². The Hall–Kier alpha value is -3.34. The summed E-state index contributed by atoms with van der Waals surface area (Å²) in [4.78, 5) is 40.3. The Balaban J connectivity index is 1.84. The summed E-state index contributed by atoms with van der Waals surface area (Å²) in [5.74, 6) is -0.741. The molecule has 3 heterocycles. The van der Waals surface area contributed by atoms with Crippen LogP contribution in [-0.4, -0.2) is 75.4 Å². The van der Waals surface area contributed by atoms with E-state index in [0.29, 0.717) is 49.9 Å². The van der Waals surface area contributed by atoms with Crippen LogP contribution in [0.5, 0.6) is 5.88 Å². The Morgan fingerprint density at radius 3 is 2.58 bits per heavy atom. The molecule has 0 atom stereocenters. The average molecular weight is 459 g/mol. The van der Waals surface area contributed by atoms with Crippen molar-refractivity contribution >= 4 is 29.4 Å². The summed E-state index contributed by atoms with van der Waals surface area (Å²) < 4.78 is 7.93. The van der Waals surface area contributed by atoms with E-state index in [1.54, 1.807) is 18.0 Å². The first kappa shape index (κ1) is 22.8. The maximum atomic E-state index is 13.2. The highest BCUT2D eigenvalue weighted by Crippen LogP contribution is 2.28. The molecule has 11 nitrogen and oxygen atoms in total. The molecule has 1 saturated carbocycles. The molecule has 0 spiro atoms. The second-order valence-electron chi connectivity index (χ2n) is 8.77. The standard InChI is InChI=1S/C22H30N6O5/c1-13(2)12-27-20-15(6-7-16(29)26-8-10-33-11-9-26)18(23-3)25-28(20)22(32)17(21(27)31)19(30)24-14-4-5-14/h6-7,13-14,31H,4-5,8-12H2,1-3H3,(H,23,25)(H,24,30)/b7-6+. The van der Waals surface area contributed by atoms with Crippen LogP contribution in [0.4, 0.5) is 5.82 Å². The van der Waals surface area contributed by atoms with Crippen molar-refractivity contribution in [2.45, 2.75) is 39.3 Å². The molecule has 0 bridgehead atoms. The lowest BCUT2D eigenvalue weighted by atomic mass is 10.2. The lowest BCUT2D eigenvalue weighted by molar-refractivity contribution is -0.129. The summed E-state index contributed by atoms with van der Waals surface area (Å²) in [6, 6.07) is 0.0285. The zero-order valence-electron chi connectivity index (χ0n) is 19.1. The van der Waals surface area contributed by atoms with Crippen LogP contribution in [0.25, 0.3) is 11.7 Å². The number of amides is 2. The molecule has 1 aliphatic heterocycles. The molecule has 3 N–H and O–H groups in total. The molecule has 0 radical (unpaired) electrons. The van der Waals surface area contributed by atoms with Gasteiger partial charge < -0.3 is 25.4 Å². The molecule has 33 heavy (non-hydrogen) atoms. The van der Waals surface area contributed by atoms with Gasteiger partial charge in [-0.2, -0.15) is 4.52 Å². The molecule has 2 fully saturated rings. The number of aromatic hydroxyl groups is 1. The van der Waals surface area contributed by atoms with Crippen molar-refractivity contribution in [3.05, 3.63) is 27.6 Å². The van der Waals surface area contributed by atoms with Crippen molar-refractivity contribution in [3.63, 3.8) is 0 Å². The molecule has 2 amide bonds. The van der Waals surface area contributed by atoms with Gasteiger partial charge >= 0.3 is 0 Å². The molecule has 2 aromatic heterocycles. The van der Waals surface area contributed by atoms with Gasteiger partial charge in [0, 0.05) is 38.8 Å². The predicted molar refractivity (Wildman–Crippen MR) is 122 cm³/mol. The number of nitrogens with zero attached hydrogens (tertiary/aromatic N) is 4. The Morgan fingerprint density at radius 2 is 1.97 bits per heavy atom. The number of ether oxygens (including phenoxy) is 1. The highest BCUT2D eigenvalue weighted by atomic mass is 16.5. The topological polar surface area (TPSA) is 130 Å². The molecule has 11 heteroatoms. The highest BCUT2D eigenvalue weighted by Gasteiger charge is 2.30. The van der Waals surface area contributed by atoms with E-state index in [1.165, 1.54) is 10.6 Å². The lowest BCUT2D eigenvalue weighted by Crippen LogP contribution is -2.39. The van der Waals surface area contributed by atoms with E-state index in [9.17, 15) is 19.5 Å². The maximum Gasteiger partial charge on any atom is 0.291 e. The van der Waals surface area contributed by atoms with Crippen LogP contribution >= 0.6 is 0 Å². The maximum absolute atomic E-state index is 13.2. The number of morpholine rings is 1. The van der Waals surface area contributed by atoms with Gasteiger partial charge in [0.1, 0.15) is 0 Å². The number of carbonyl (C=O) groups is 2. The molecule has 0 unspecified atom stereocenters. The summed E-state index contributed by atoms with van der Waals surface area (Å²) >= 11 is 0. The molecule has 2 aliphatic rings. The van der Waals surface area contributed by atoms with Crippen LogP contribution in [0.2, 0.25) is 0 Å². The summed E-state index contributed by atoms with van der Waals surface area (Å²) in [5.41, 5.74) is -0.262. The summed E-state index contributed by atoms with van der Waals surface area (Å²) in [6.07, 6.45) is 4.73. The predicted octanol–water partition coefficient (Wildman–Crippen LogP) is 0.664.